The Bertz CT molecular complexity index is 168. The second-order valence-corrected chi connectivity index (χ2v) is 2.86. The van der Waals surface area contributed by atoms with Crippen LogP contribution in [-0.4, -0.2) is 22.3 Å². The van der Waals surface area contributed by atoms with E-state index >= 15 is 0 Å². The third kappa shape index (κ3) is 3.78. The number of aliphatic carboxylic acids is 1. The highest BCUT2D eigenvalue weighted by Crippen LogP contribution is 2.06. The summed E-state index contributed by atoms with van der Waals surface area (Å²) in [6.45, 7) is 5.11. The van der Waals surface area contributed by atoms with Gasteiger partial charge in [-0.25, -0.2) is 0 Å². The van der Waals surface area contributed by atoms with Crippen molar-refractivity contribution in [3.05, 3.63) is 11.6 Å². The summed E-state index contributed by atoms with van der Waals surface area (Å²) in [4.78, 5) is 10.3. The molecule has 3 nitrogen and oxygen atoms in total. The molecule has 64 valence electrons. The van der Waals surface area contributed by atoms with Crippen molar-refractivity contribution in [3.63, 3.8) is 0 Å². The van der Waals surface area contributed by atoms with Gasteiger partial charge in [0.25, 0.3) is 0 Å². The first-order valence-corrected chi connectivity index (χ1v) is 3.51. The summed E-state index contributed by atoms with van der Waals surface area (Å²) >= 11 is 0. The quantitative estimate of drug-likeness (QED) is 0.603. The van der Waals surface area contributed by atoms with Crippen LogP contribution in [0.15, 0.2) is 11.6 Å². The van der Waals surface area contributed by atoms with E-state index < -0.39 is 18.0 Å². The largest absolute Gasteiger partial charge is 0.481 e. The first-order chi connectivity index (χ1) is 4.95. The zero-order valence-electron chi connectivity index (χ0n) is 7.03. The molecule has 0 heterocycles. The van der Waals surface area contributed by atoms with Gasteiger partial charge in [0, 0.05) is 0 Å². The highest BCUT2D eigenvalue weighted by Gasteiger charge is 2.18. The summed E-state index contributed by atoms with van der Waals surface area (Å²) < 4.78 is 0. The van der Waals surface area contributed by atoms with E-state index in [1.54, 1.807) is 6.08 Å². The molecule has 0 saturated heterocycles. The van der Waals surface area contributed by atoms with Crippen LogP contribution in [0.25, 0.3) is 0 Å². The molecule has 0 spiro atoms. The summed E-state index contributed by atoms with van der Waals surface area (Å²) in [5, 5.41) is 17.7. The van der Waals surface area contributed by atoms with E-state index in [2.05, 4.69) is 0 Å². The van der Waals surface area contributed by atoms with Gasteiger partial charge >= 0.3 is 5.97 Å². The lowest BCUT2D eigenvalue weighted by molar-refractivity contribution is -0.143. The van der Waals surface area contributed by atoms with Crippen molar-refractivity contribution >= 4 is 5.97 Å². The number of rotatable bonds is 3. The van der Waals surface area contributed by atoms with Crippen LogP contribution in [0.1, 0.15) is 20.8 Å². The van der Waals surface area contributed by atoms with E-state index in [0.717, 1.165) is 5.57 Å². The van der Waals surface area contributed by atoms with Crippen molar-refractivity contribution in [2.45, 2.75) is 26.9 Å². The lowest BCUT2D eigenvalue weighted by Crippen LogP contribution is -2.23. The molecule has 0 fully saturated rings. The lowest BCUT2D eigenvalue weighted by atomic mass is 10.0. The molecule has 0 bridgehead atoms. The molecular formula is C8H14O3. The monoisotopic (exact) mass is 158 g/mol. The molecule has 0 aliphatic carbocycles. The molecule has 0 radical (unpaired) electrons. The van der Waals surface area contributed by atoms with Crippen LogP contribution < -0.4 is 0 Å². The molecule has 0 amide bonds. The molecule has 2 atom stereocenters. The Morgan fingerprint density at radius 2 is 1.91 bits per heavy atom. The van der Waals surface area contributed by atoms with Gasteiger partial charge in [0.15, 0.2) is 0 Å². The van der Waals surface area contributed by atoms with Gasteiger partial charge in [0.2, 0.25) is 0 Å². The molecule has 2 unspecified atom stereocenters. The van der Waals surface area contributed by atoms with E-state index in [1.165, 1.54) is 6.92 Å². The van der Waals surface area contributed by atoms with Crippen LogP contribution in [0.5, 0.6) is 0 Å². The number of hydrogen-bond acceptors (Lipinski definition) is 2. The maximum atomic E-state index is 10.3. The number of aliphatic hydroxyl groups is 1. The first kappa shape index (κ1) is 10.2. The Kier molecular flexibility index (Phi) is 3.82. The fourth-order valence-electron chi connectivity index (χ4n) is 0.632. The standard InChI is InChI=1S/C8H14O3/c1-5(2)4-7(9)6(3)8(10)11/h4,6-7,9H,1-3H3,(H,10,11). The number of allylic oxidation sites excluding steroid dienone is 1. The van der Waals surface area contributed by atoms with Crippen LogP contribution in [0.4, 0.5) is 0 Å². The third-order valence-electron chi connectivity index (χ3n) is 1.41. The van der Waals surface area contributed by atoms with Crippen LogP contribution in [0.3, 0.4) is 0 Å². The smallest absolute Gasteiger partial charge is 0.309 e. The number of carbonyl (C=O) groups is 1. The van der Waals surface area contributed by atoms with Gasteiger partial charge in [0.05, 0.1) is 12.0 Å². The molecular weight excluding hydrogens is 144 g/mol. The number of carboxylic acid groups (broad SMARTS) is 1. The van der Waals surface area contributed by atoms with Gasteiger partial charge in [-0.3, -0.25) is 4.79 Å². The maximum Gasteiger partial charge on any atom is 0.309 e. The number of aliphatic hydroxyl groups excluding tert-OH is 1. The number of carboxylic acids is 1. The molecule has 2 N–H and O–H groups in total. The minimum atomic E-state index is -0.977. The molecule has 0 aliphatic rings. The van der Waals surface area contributed by atoms with Gasteiger partial charge in [-0.2, -0.15) is 0 Å². The van der Waals surface area contributed by atoms with E-state index in [9.17, 15) is 9.90 Å². The number of hydrogen-bond donors (Lipinski definition) is 2. The molecule has 3 heteroatoms. The van der Waals surface area contributed by atoms with Gasteiger partial charge in [-0.15, -0.1) is 0 Å². The van der Waals surface area contributed by atoms with Gasteiger partial charge in [0.1, 0.15) is 0 Å². The normalized spacial score (nSPS) is 15.3. The van der Waals surface area contributed by atoms with Gasteiger partial charge in [-0.05, 0) is 20.8 Å². The third-order valence-corrected chi connectivity index (χ3v) is 1.41. The summed E-state index contributed by atoms with van der Waals surface area (Å²) in [5.41, 5.74) is 0.922. The molecule has 11 heavy (non-hydrogen) atoms. The predicted molar refractivity (Wildman–Crippen MR) is 42.2 cm³/mol. The van der Waals surface area contributed by atoms with Crippen LogP contribution in [0.2, 0.25) is 0 Å². The van der Waals surface area contributed by atoms with Gasteiger partial charge in [-0.1, -0.05) is 11.6 Å². The van der Waals surface area contributed by atoms with E-state index in [4.69, 9.17) is 5.11 Å². The average molecular weight is 158 g/mol. The van der Waals surface area contributed by atoms with Crippen LogP contribution in [-0.2, 0) is 4.79 Å². The summed E-state index contributed by atoms with van der Waals surface area (Å²) in [7, 11) is 0. The van der Waals surface area contributed by atoms with Crippen LogP contribution >= 0.6 is 0 Å². The Labute approximate surface area is 66.4 Å². The Morgan fingerprint density at radius 1 is 1.45 bits per heavy atom. The summed E-state index contributed by atoms with van der Waals surface area (Å²) in [5.74, 6) is -1.71. The van der Waals surface area contributed by atoms with E-state index in [-0.39, 0.29) is 0 Å². The summed E-state index contributed by atoms with van der Waals surface area (Å²) in [6.07, 6.45) is 0.663. The Morgan fingerprint density at radius 3 is 2.18 bits per heavy atom. The zero-order valence-corrected chi connectivity index (χ0v) is 7.03. The zero-order chi connectivity index (χ0) is 9.02. The molecule has 0 aromatic heterocycles. The van der Waals surface area contributed by atoms with Gasteiger partial charge < -0.3 is 10.2 Å². The topological polar surface area (TPSA) is 57.5 Å². The van der Waals surface area contributed by atoms with Crippen molar-refractivity contribution in [2.75, 3.05) is 0 Å². The molecule has 0 aliphatic heterocycles. The summed E-state index contributed by atoms with van der Waals surface area (Å²) in [6, 6.07) is 0. The average Bonchev–Trinajstić information content (AvgIpc) is 1.84. The van der Waals surface area contributed by atoms with Crippen molar-refractivity contribution in [2.24, 2.45) is 5.92 Å². The first-order valence-electron chi connectivity index (χ1n) is 3.51. The highest BCUT2D eigenvalue weighted by molar-refractivity contribution is 5.70. The molecule has 0 aromatic rings. The molecule has 0 aromatic carbocycles. The fourth-order valence-corrected chi connectivity index (χ4v) is 0.632. The van der Waals surface area contributed by atoms with Crippen LogP contribution in [0, 0.1) is 5.92 Å². The molecule has 0 rings (SSSR count). The fraction of sp³-hybridized carbons (Fsp3) is 0.625. The van der Waals surface area contributed by atoms with Crippen molar-refractivity contribution in [1.82, 2.24) is 0 Å². The second kappa shape index (κ2) is 4.13. The van der Waals surface area contributed by atoms with E-state index in [0.29, 0.717) is 0 Å². The van der Waals surface area contributed by atoms with Crippen molar-refractivity contribution in [1.29, 1.82) is 0 Å². The minimum absolute atomic E-state index is 0.732. The minimum Gasteiger partial charge on any atom is -0.481 e. The van der Waals surface area contributed by atoms with Crippen molar-refractivity contribution in [3.8, 4) is 0 Å². The second-order valence-electron chi connectivity index (χ2n) is 2.86. The van der Waals surface area contributed by atoms with Crippen molar-refractivity contribution < 1.29 is 15.0 Å². The highest BCUT2D eigenvalue weighted by atomic mass is 16.4. The Balaban J connectivity index is 4.14. The molecule has 0 saturated carbocycles. The lowest BCUT2D eigenvalue weighted by Gasteiger charge is -2.10. The maximum absolute atomic E-state index is 10.3. The SMILES string of the molecule is CC(C)=CC(O)C(C)C(=O)O. The Hall–Kier alpha value is -0.830. The predicted octanol–water partition coefficient (Wildman–Crippen LogP) is 1.03. The van der Waals surface area contributed by atoms with E-state index in [1.807, 2.05) is 13.8 Å².